The molecule has 1 aliphatic rings. The first-order chi connectivity index (χ1) is 11.1. The smallest absolute Gasteiger partial charge is 0.256 e. The van der Waals surface area contributed by atoms with Crippen molar-refractivity contribution in [2.45, 2.75) is 51.6 Å². The van der Waals surface area contributed by atoms with Gasteiger partial charge < -0.3 is 14.8 Å². The SMILES string of the molecule is CCOc1ccc(NC(=O)C2(OCC)CCCCC2)c(C#N)c1. The number of carbonyl (C=O) groups is 1. The van der Waals surface area contributed by atoms with E-state index in [0.29, 0.717) is 30.2 Å². The van der Waals surface area contributed by atoms with Gasteiger partial charge in [0, 0.05) is 6.61 Å². The van der Waals surface area contributed by atoms with Gasteiger partial charge in [0.2, 0.25) is 0 Å². The number of benzene rings is 1. The van der Waals surface area contributed by atoms with Crippen molar-refractivity contribution in [3.63, 3.8) is 0 Å². The van der Waals surface area contributed by atoms with E-state index in [1.54, 1.807) is 18.2 Å². The molecule has 0 aliphatic heterocycles. The number of hydrogen-bond acceptors (Lipinski definition) is 4. The summed E-state index contributed by atoms with van der Waals surface area (Å²) in [5, 5.41) is 12.2. The van der Waals surface area contributed by atoms with Crippen molar-refractivity contribution in [2.75, 3.05) is 18.5 Å². The quantitative estimate of drug-likeness (QED) is 0.870. The minimum atomic E-state index is -0.766. The van der Waals surface area contributed by atoms with Crippen LogP contribution in [0.3, 0.4) is 0 Å². The van der Waals surface area contributed by atoms with Crippen LogP contribution in [0.1, 0.15) is 51.5 Å². The molecule has 1 amide bonds. The van der Waals surface area contributed by atoms with Gasteiger partial charge in [-0.2, -0.15) is 5.26 Å². The van der Waals surface area contributed by atoms with Crippen molar-refractivity contribution in [1.29, 1.82) is 5.26 Å². The van der Waals surface area contributed by atoms with E-state index in [1.807, 2.05) is 13.8 Å². The van der Waals surface area contributed by atoms with Gasteiger partial charge in [-0.1, -0.05) is 19.3 Å². The summed E-state index contributed by atoms with van der Waals surface area (Å²) >= 11 is 0. The molecule has 1 N–H and O–H groups in total. The molecule has 23 heavy (non-hydrogen) atoms. The number of carbonyl (C=O) groups excluding carboxylic acids is 1. The van der Waals surface area contributed by atoms with Crippen LogP contribution in [0, 0.1) is 11.3 Å². The van der Waals surface area contributed by atoms with E-state index < -0.39 is 5.60 Å². The molecule has 1 aromatic carbocycles. The second kappa shape index (κ2) is 7.98. The van der Waals surface area contributed by atoms with E-state index in [4.69, 9.17) is 9.47 Å². The van der Waals surface area contributed by atoms with Crippen molar-refractivity contribution < 1.29 is 14.3 Å². The van der Waals surface area contributed by atoms with Gasteiger partial charge in [-0.15, -0.1) is 0 Å². The highest BCUT2D eigenvalue weighted by Crippen LogP contribution is 2.33. The zero-order valence-corrected chi connectivity index (χ0v) is 13.9. The Labute approximate surface area is 137 Å². The van der Waals surface area contributed by atoms with Crippen LogP contribution in [0.4, 0.5) is 5.69 Å². The van der Waals surface area contributed by atoms with E-state index >= 15 is 0 Å². The van der Waals surface area contributed by atoms with E-state index in [0.717, 1.165) is 32.1 Å². The molecule has 1 fully saturated rings. The van der Waals surface area contributed by atoms with Gasteiger partial charge in [-0.3, -0.25) is 4.79 Å². The summed E-state index contributed by atoms with van der Waals surface area (Å²) in [6.45, 7) is 4.82. The second-order valence-corrected chi connectivity index (χ2v) is 5.69. The molecule has 1 aliphatic carbocycles. The van der Waals surface area contributed by atoms with Gasteiger partial charge in [-0.25, -0.2) is 0 Å². The van der Waals surface area contributed by atoms with Crippen molar-refractivity contribution in [3.8, 4) is 11.8 Å². The summed E-state index contributed by atoms with van der Waals surface area (Å²) in [5.41, 5.74) is 0.135. The van der Waals surface area contributed by atoms with Crippen LogP contribution in [0.25, 0.3) is 0 Å². The minimum Gasteiger partial charge on any atom is -0.494 e. The van der Waals surface area contributed by atoms with Gasteiger partial charge >= 0.3 is 0 Å². The Morgan fingerprint density at radius 1 is 1.26 bits per heavy atom. The molecule has 0 bridgehead atoms. The highest BCUT2D eigenvalue weighted by molar-refractivity contribution is 5.98. The average molecular weight is 316 g/mol. The van der Waals surface area contributed by atoms with Gasteiger partial charge in [0.05, 0.1) is 17.9 Å². The minimum absolute atomic E-state index is 0.153. The number of rotatable bonds is 6. The van der Waals surface area contributed by atoms with Crippen molar-refractivity contribution in [1.82, 2.24) is 0 Å². The zero-order valence-electron chi connectivity index (χ0n) is 13.9. The van der Waals surface area contributed by atoms with E-state index in [-0.39, 0.29) is 5.91 Å². The van der Waals surface area contributed by atoms with Crippen LogP contribution < -0.4 is 10.1 Å². The second-order valence-electron chi connectivity index (χ2n) is 5.69. The Morgan fingerprint density at radius 2 is 2.00 bits per heavy atom. The lowest BCUT2D eigenvalue weighted by Gasteiger charge is -2.35. The molecule has 0 unspecified atom stereocenters. The maximum Gasteiger partial charge on any atom is 0.256 e. The fourth-order valence-electron chi connectivity index (χ4n) is 3.05. The Morgan fingerprint density at radius 3 is 2.61 bits per heavy atom. The van der Waals surface area contributed by atoms with Gasteiger partial charge in [-0.05, 0) is 44.9 Å². The highest BCUT2D eigenvalue weighted by atomic mass is 16.5. The van der Waals surface area contributed by atoms with Crippen LogP contribution in [0.2, 0.25) is 0 Å². The molecule has 0 heterocycles. The topological polar surface area (TPSA) is 71.3 Å². The summed E-state index contributed by atoms with van der Waals surface area (Å²) in [7, 11) is 0. The predicted octanol–water partition coefficient (Wildman–Crippen LogP) is 3.63. The first kappa shape index (κ1) is 17.3. The Bertz CT molecular complexity index is 581. The molecule has 5 heteroatoms. The third-order valence-corrected chi connectivity index (χ3v) is 4.17. The van der Waals surface area contributed by atoms with E-state index in [1.165, 1.54) is 0 Å². The van der Waals surface area contributed by atoms with E-state index in [2.05, 4.69) is 11.4 Å². The largest absolute Gasteiger partial charge is 0.494 e. The fourth-order valence-corrected chi connectivity index (χ4v) is 3.05. The maximum atomic E-state index is 12.8. The number of nitrogens with zero attached hydrogens (tertiary/aromatic N) is 1. The summed E-state index contributed by atoms with van der Waals surface area (Å²) in [5.74, 6) is 0.471. The number of amides is 1. The van der Waals surface area contributed by atoms with Crippen LogP contribution >= 0.6 is 0 Å². The lowest BCUT2D eigenvalue weighted by Crippen LogP contribution is -2.47. The molecule has 2 rings (SSSR count). The Hall–Kier alpha value is -2.06. The first-order valence-corrected chi connectivity index (χ1v) is 8.27. The fraction of sp³-hybridized carbons (Fsp3) is 0.556. The normalized spacial score (nSPS) is 16.4. The maximum absolute atomic E-state index is 12.8. The molecule has 1 aromatic rings. The predicted molar refractivity (Wildman–Crippen MR) is 88.4 cm³/mol. The number of hydrogen-bond donors (Lipinski definition) is 1. The molecular formula is C18H24N2O3. The number of nitriles is 1. The van der Waals surface area contributed by atoms with Crippen LogP contribution in [0.15, 0.2) is 18.2 Å². The average Bonchev–Trinajstić information content (AvgIpc) is 2.57. The highest BCUT2D eigenvalue weighted by Gasteiger charge is 2.40. The van der Waals surface area contributed by atoms with Crippen LogP contribution in [0.5, 0.6) is 5.75 Å². The third kappa shape index (κ3) is 4.02. The number of ether oxygens (including phenoxy) is 2. The first-order valence-electron chi connectivity index (χ1n) is 8.27. The van der Waals surface area contributed by atoms with Gasteiger partial charge in [0.25, 0.3) is 5.91 Å². The molecule has 124 valence electrons. The van der Waals surface area contributed by atoms with E-state index in [9.17, 15) is 10.1 Å². The molecule has 0 radical (unpaired) electrons. The van der Waals surface area contributed by atoms with Crippen LogP contribution in [-0.4, -0.2) is 24.7 Å². The van der Waals surface area contributed by atoms with Crippen LogP contribution in [-0.2, 0) is 9.53 Å². The zero-order chi connectivity index (χ0) is 16.7. The van der Waals surface area contributed by atoms with Gasteiger partial charge in [0.15, 0.2) is 0 Å². The molecule has 1 saturated carbocycles. The van der Waals surface area contributed by atoms with Crippen molar-refractivity contribution >= 4 is 11.6 Å². The van der Waals surface area contributed by atoms with Gasteiger partial charge in [0.1, 0.15) is 17.4 Å². The Kier molecular flexibility index (Phi) is 6.00. The summed E-state index contributed by atoms with van der Waals surface area (Å²) < 4.78 is 11.2. The molecular weight excluding hydrogens is 292 g/mol. The Balaban J connectivity index is 2.19. The lowest BCUT2D eigenvalue weighted by atomic mass is 9.83. The lowest BCUT2D eigenvalue weighted by molar-refractivity contribution is -0.145. The number of anilines is 1. The number of nitrogens with one attached hydrogen (secondary N) is 1. The third-order valence-electron chi connectivity index (χ3n) is 4.17. The molecule has 0 spiro atoms. The van der Waals surface area contributed by atoms with Crippen molar-refractivity contribution in [3.05, 3.63) is 23.8 Å². The summed E-state index contributed by atoms with van der Waals surface area (Å²) in [6.07, 6.45) is 4.56. The molecule has 0 aromatic heterocycles. The summed E-state index contributed by atoms with van der Waals surface area (Å²) in [6, 6.07) is 7.23. The molecule has 0 saturated heterocycles. The monoisotopic (exact) mass is 316 g/mol. The van der Waals surface area contributed by atoms with Crippen molar-refractivity contribution in [2.24, 2.45) is 0 Å². The molecule has 5 nitrogen and oxygen atoms in total. The summed E-state index contributed by atoms with van der Waals surface area (Å²) in [4.78, 5) is 12.8. The standard InChI is InChI=1S/C18H24N2O3/c1-3-22-15-8-9-16(14(12-15)13-19)20-17(21)18(23-4-2)10-6-5-7-11-18/h8-9,12H,3-7,10-11H2,1-2H3,(H,20,21). The molecule has 0 atom stereocenters.